The average molecular weight is 461 g/mol. The molecule has 1 atom stereocenters. The molecular weight excluding hydrogens is 428 g/mol. The number of nitrogens with zero attached hydrogens (tertiary/aromatic N) is 1. The van der Waals surface area contributed by atoms with E-state index in [1.54, 1.807) is 12.3 Å². The van der Waals surface area contributed by atoms with Gasteiger partial charge in [0.1, 0.15) is 17.6 Å². The molecule has 0 bridgehead atoms. The molecule has 2 heterocycles. The molecule has 0 spiro atoms. The lowest BCUT2D eigenvalue weighted by atomic mass is 9.86. The summed E-state index contributed by atoms with van der Waals surface area (Å²) in [6, 6.07) is 14.5. The summed E-state index contributed by atoms with van der Waals surface area (Å²) in [5.41, 5.74) is 4.85. The topological polar surface area (TPSA) is 73.6 Å². The zero-order valence-corrected chi connectivity index (χ0v) is 19.9. The van der Waals surface area contributed by atoms with Crippen LogP contribution >= 0.6 is 0 Å². The Bertz CT molecular complexity index is 1130. The van der Waals surface area contributed by atoms with Gasteiger partial charge in [0.25, 0.3) is 0 Å². The van der Waals surface area contributed by atoms with Gasteiger partial charge in [-0.25, -0.2) is 0 Å². The molecular formula is C28H32N2O4. The lowest BCUT2D eigenvalue weighted by molar-refractivity contribution is -0.126. The molecule has 2 aliphatic rings. The van der Waals surface area contributed by atoms with Gasteiger partial charge in [-0.1, -0.05) is 29.4 Å². The molecule has 1 N–H and O–H groups in total. The van der Waals surface area contributed by atoms with Crippen molar-refractivity contribution in [2.24, 2.45) is 5.92 Å². The number of hydrogen-bond donors (Lipinski definition) is 1. The lowest BCUT2D eigenvalue weighted by Crippen LogP contribution is -2.35. The summed E-state index contributed by atoms with van der Waals surface area (Å²) in [5, 5.41) is 6.62. The standard InChI is InChI=1S/C28H32N2O4/c1-18-5-3-4-6-24(18)25-12-9-21-16-26(19(2)15-27(21)33-25)32-22-10-7-20(8-11-22)28(31)29-17-23-13-14-30-34-23/h3-6,13-16,20,22,25H,7-12,17H2,1-2H3,(H,29,31). The predicted molar refractivity (Wildman–Crippen MR) is 129 cm³/mol. The van der Waals surface area contributed by atoms with Crippen LogP contribution in [0.5, 0.6) is 11.5 Å². The van der Waals surface area contributed by atoms with Crippen molar-refractivity contribution in [1.29, 1.82) is 0 Å². The van der Waals surface area contributed by atoms with Gasteiger partial charge in [0.05, 0.1) is 18.8 Å². The molecule has 0 saturated heterocycles. The van der Waals surface area contributed by atoms with Crippen LogP contribution in [0.3, 0.4) is 0 Å². The second-order valence-electron chi connectivity index (χ2n) is 9.52. The maximum atomic E-state index is 12.5. The fourth-order valence-electron chi connectivity index (χ4n) is 5.08. The minimum Gasteiger partial charge on any atom is -0.490 e. The Labute approximate surface area is 200 Å². The fraction of sp³-hybridized carbons (Fsp3) is 0.429. The van der Waals surface area contributed by atoms with Crippen molar-refractivity contribution in [2.75, 3.05) is 0 Å². The summed E-state index contributed by atoms with van der Waals surface area (Å²) in [4.78, 5) is 12.5. The minimum absolute atomic E-state index is 0.0270. The summed E-state index contributed by atoms with van der Waals surface area (Å²) < 4.78 is 17.9. The third kappa shape index (κ3) is 4.96. The number of benzene rings is 2. The lowest BCUT2D eigenvalue weighted by Gasteiger charge is -2.31. The van der Waals surface area contributed by atoms with Crippen molar-refractivity contribution in [1.82, 2.24) is 10.5 Å². The van der Waals surface area contributed by atoms with Crippen LogP contribution in [-0.4, -0.2) is 17.2 Å². The number of carbonyl (C=O) groups is 1. The monoisotopic (exact) mass is 460 g/mol. The maximum Gasteiger partial charge on any atom is 0.223 e. The normalized spacial score (nSPS) is 21.9. The van der Waals surface area contributed by atoms with E-state index in [0.29, 0.717) is 12.3 Å². The molecule has 1 aromatic heterocycles. The van der Waals surface area contributed by atoms with Gasteiger partial charge >= 0.3 is 0 Å². The Balaban J connectivity index is 1.16. The number of amides is 1. The van der Waals surface area contributed by atoms with Crippen LogP contribution in [0.25, 0.3) is 0 Å². The van der Waals surface area contributed by atoms with Crippen LogP contribution in [0, 0.1) is 19.8 Å². The van der Waals surface area contributed by atoms with Gasteiger partial charge in [0.2, 0.25) is 5.91 Å². The Hall–Kier alpha value is -3.28. The first kappa shape index (κ1) is 22.5. The van der Waals surface area contributed by atoms with Crippen LogP contribution in [0.1, 0.15) is 66.2 Å². The molecule has 1 saturated carbocycles. The molecule has 2 aromatic carbocycles. The van der Waals surface area contributed by atoms with E-state index in [4.69, 9.17) is 14.0 Å². The summed E-state index contributed by atoms with van der Waals surface area (Å²) >= 11 is 0. The highest BCUT2D eigenvalue weighted by molar-refractivity contribution is 5.78. The third-order valence-corrected chi connectivity index (χ3v) is 7.11. The predicted octanol–water partition coefficient (Wildman–Crippen LogP) is 5.61. The quantitative estimate of drug-likeness (QED) is 0.517. The molecule has 178 valence electrons. The van der Waals surface area contributed by atoms with Crippen molar-refractivity contribution in [3.8, 4) is 11.5 Å². The summed E-state index contributed by atoms with van der Waals surface area (Å²) in [6.45, 7) is 4.61. The summed E-state index contributed by atoms with van der Waals surface area (Å²) in [7, 11) is 0. The van der Waals surface area contributed by atoms with E-state index < -0.39 is 0 Å². The number of hydrogen-bond acceptors (Lipinski definition) is 5. The molecule has 0 radical (unpaired) electrons. The average Bonchev–Trinajstić information content (AvgIpc) is 3.37. The first-order valence-electron chi connectivity index (χ1n) is 12.3. The first-order chi connectivity index (χ1) is 16.6. The minimum atomic E-state index is 0.0270. The number of fused-ring (bicyclic) bond motifs is 1. The van der Waals surface area contributed by atoms with Gasteiger partial charge in [0, 0.05) is 12.0 Å². The number of ether oxygens (including phenoxy) is 2. The molecule has 34 heavy (non-hydrogen) atoms. The van der Waals surface area contributed by atoms with Crippen molar-refractivity contribution >= 4 is 5.91 Å². The van der Waals surface area contributed by atoms with E-state index in [1.807, 2.05) is 0 Å². The van der Waals surface area contributed by atoms with Crippen molar-refractivity contribution in [3.05, 3.63) is 76.7 Å². The third-order valence-electron chi connectivity index (χ3n) is 7.11. The van der Waals surface area contributed by atoms with Crippen LogP contribution in [0.4, 0.5) is 0 Å². The molecule has 3 aromatic rings. The van der Waals surface area contributed by atoms with Gasteiger partial charge in [-0.3, -0.25) is 4.79 Å². The maximum absolute atomic E-state index is 12.5. The zero-order valence-electron chi connectivity index (χ0n) is 19.9. The first-order valence-corrected chi connectivity index (χ1v) is 12.3. The molecule has 1 amide bonds. The number of carbonyl (C=O) groups excluding carboxylic acids is 1. The molecule has 1 unspecified atom stereocenters. The van der Waals surface area contributed by atoms with E-state index in [-0.39, 0.29) is 24.0 Å². The second kappa shape index (κ2) is 9.92. The second-order valence-corrected chi connectivity index (χ2v) is 9.52. The van der Waals surface area contributed by atoms with Crippen molar-refractivity contribution in [2.45, 2.75) is 71.1 Å². The zero-order chi connectivity index (χ0) is 23.5. The van der Waals surface area contributed by atoms with Gasteiger partial charge in [-0.15, -0.1) is 0 Å². The van der Waals surface area contributed by atoms with Crippen LogP contribution in [-0.2, 0) is 17.8 Å². The van der Waals surface area contributed by atoms with E-state index in [1.165, 1.54) is 16.7 Å². The number of rotatable bonds is 6. The van der Waals surface area contributed by atoms with Crippen LogP contribution < -0.4 is 14.8 Å². The number of nitrogens with one attached hydrogen (secondary N) is 1. The SMILES string of the molecule is Cc1cc2c(cc1OC1CCC(C(=O)NCc3ccno3)CC1)CCC(c1ccccc1C)O2. The molecule has 1 aliphatic heterocycles. The number of aryl methyl sites for hydroxylation is 3. The van der Waals surface area contributed by atoms with E-state index in [2.05, 4.69) is 60.7 Å². The molecule has 5 rings (SSSR count). The largest absolute Gasteiger partial charge is 0.490 e. The highest BCUT2D eigenvalue weighted by Gasteiger charge is 2.29. The van der Waals surface area contributed by atoms with E-state index in [0.717, 1.165) is 55.6 Å². The van der Waals surface area contributed by atoms with Crippen LogP contribution in [0.15, 0.2) is 53.2 Å². The Morgan fingerprint density at radius 3 is 2.65 bits per heavy atom. The molecule has 1 aliphatic carbocycles. The van der Waals surface area contributed by atoms with Gasteiger partial charge in [0.15, 0.2) is 5.76 Å². The van der Waals surface area contributed by atoms with Crippen LogP contribution in [0.2, 0.25) is 0 Å². The Morgan fingerprint density at radius 2 is 1.88 bits per heavy atom. The van der Waals surface area contributed by atoms with Gasteiger partial charge in [-0.2, -0.15) is 0 Å². The van der Waals surface area contributed by atoms with E-state index in [9.17, 15) is 4.79 Å². The molecule has 6 heteroatoms. The summed E-state index contributed by atoms with van der Waals surface area (Å²) in [5.74, 6) is 2.69. The highest BCUT2D eigenvalue weighted by Crippen LogP contribution is 2.40. The van der Waals surface area contributed by atoms with Gasteiger partial charge < -0.3 is 19.3 Å². The van der Waals surface area contributed by atoms with E-state index >= 15 is 0 Å². The molecule has 1 fully saturated rings. The Kier molecular flexibility index (Phi) is 6.57. The highest BCUT2D eigenvalue weighted by atomic mass is 16.5. The van der Waals surface area contributed by atoms with Crippen molar-refractivity contribution < 1.29 is 18.8 Å². The smallest absolute Gasteiger partial charge is 0.223 e. The Morgan fingerprint density at radius 1 is 1.06 bits per heavy atom. The van der Waals surface area contributed by atoms with Gasteiger partial charge in [-0.05, 0) is 86.8 Å². The summed E-state index contributed by atoms with van der Waals surface area (Å²) in [6.07, 6.45) is 7.19. The fourth-order valence-corrected chi connectivity index (χ4v) is 5.08. The number of aromatic nitrogens is 1. The molecule has 6 nitrogen and oxygen atoms in total. The van der Waals surface area contributed by atoms with Crippen molar-refractivity contribution in [3.63, 3.8) is 0 Å².